The molecule has 148 valence electrons. The van der Waals surface area contributed by atoms with Crippen LogP contribution in [0.2, 0.25) is 0 Å². The van der Waals surface area contributed by atoms with Gasteiger partial charge in [-0.05, 0) is 38.8 Å². The molecule has 0 aliphatic carbocycles. The number of aromatic nitrogens is 3. The standard InChI is InChI=1S/C21H26N4O3/c1-4-18-20(21(27)23-8-5-10-24-11-9-22-14-24)19(26)12-15(2)25(18)13-17-7-6-16(3)28-17/h6-7,9,11-12,14H,4-5,8,10,13H2,1-3H3,(H,23,27). The number of hydrogen-bond acceptors (Lipinski definition) is 4. The van der Waals surface area contributed by atoms with Crippen molar-refractivity contribution in [3.8, 4) is 0 Å². The first-order valence-electron chi connectivity index (χ1n) is 9.52. The van der Waals surface area contributed by atoms with Gasteiger partial charge in [0, 0.05) is 42.9 Å². The fourth-order valence-electron chi connectivity index (χ4n) is 3.36. The number of hydrogen-bond donors (Lipinski definition) is 1. The van der Waals surface area contributed by atoms with Crippen LogP contribution in [0, 0.1) is 13.8 Å². The van der Waals surface area contributed by atoms with Gasteiger partial charge in [0.2, 0.25) is 0 Å². The predicted octanol–water partition coefficient (Wildman–Crippen LogP) is 2.69. The highest BCUT2D eigenvalue weighted by Crippen LogP contribution is 2.15. The van der Waals surface area contributed by atoms with Crippen molar-refractivity contribution in [1.82, 2.24) is 19.4 Å². The van der Waals surface area contributed by atoms with Crippen molar-refractivity contribution in [2.75, 3.05) is 6.54 Å². The molecule has 7 heteroatoms. The maximum Gasteiger partial charge on any atom is 0.257 e. The van der Waals surface area contributed by atoms with E-state index in [4.69, 9.17) is 4.42 Å². The van der Waals surface area contributed by atoms with Crippen molar-refractivity contribution >= 4 is 5.91 Å². The molecule has 3 aromatic rings. The van der Waals surface area contributed by atoms with Gasteiger partial charge in [-0.25, -0.2) is 4.98 Å². The number of carbonyl (C=O) groups is 1. The van der Waals surface area contributed by atoms with Crippen molar-refractivity contribution in [3.05, 3.63) is 75.6 Å². The summed E-state index contributed by atoms with van der Waals surface area (Å²) in [5.41, 5.74) is 1.52. The molecule has 1 N–H and O–H groups in total. The molecule has 7 nitrogen and oxygen atoms in total. The predicted molar refractivity (Wildman–Crippen MR) is 107 cm³/mol. The van der Waals surface area contributed by atoms with Gasteiger partial charge in [-0.15, -0.1) is 0 Å². The molecule has 0 aliphatic heterocycles. The highest BCUT2D eigenvalue weighted by molar-refractivity contribution is 5.95. The van der Waals surface area contributed by atoms with E-state index in [0.717, 1.165) is 35.9 Å². The molecule has 0 bridgehead atoms. The van der Waals surface area contributed by atoms with Crippen LogP contribution in [-0.2, 0) is 19.5 Å². The third-order valence-corrected chi connectivity index (χ3v) is 4.74. The summed E-state index contributed by atoms with van der Waals surface area (Å²) < 4.78 is 9.62. The van der Waals surface area contributed by atoms with E-state index in [1.54, 1.807) is 12.5 Å². The maximum atomic E-state index is 12.8. The highest BCUT2D eigenvalue weighted by atomic mass is 16.3. The molecule has 1 amide bonds. The monoisotopic (exact) mass is 382 g/mol. The average Bonchev–Trinajstić information content (AvgIpc) is 3.32. The van der Waals surface area contributed by atoms with Crippen LogP contribution in [0.1, 0.15) is 46.6 Å². The second-order valence-corrected chi connectivity index (χ2v) is 6.83. The molecule has 0 unspecified atom stereocenters. The fourth-order valence-corrected chi connectivity index (χ4v) is 3.36. The molecular formula is C21H26N4O3. The molecule has 0 aliphatic rings. The summed E-state index contributed by atoms with van der Waals surface area (Å²) in [7, 11) is 0. The second-order valence-electron chi connectivity index (χ2n) is 6.83. The number of carbonyl (C=O) groups excluding carboxylic acids is 1. The number of furan rings is 1. The number of pyridine rings is 1. The summed E-state index contributed by atoms with van der Waals surface area (Å²) in [6, 6.07) is 5.35. The zero-order valence-corrected chi connectivity index (χ0v) is 16.6. The molecule has 0 atom stereocenters. The Morgan fingerprint density at radius 2 is 2.11 bits per heavy atom. The van der Waals surface area contributed by atoms with Crippen molar-refractivity contribution in [2.45, 2.75) is 46.7 Å². The lowest BCUT2D eigenvalue weighted by atomic mass is 10.1. The summed E-state index contributed by atoms with van der Waals surface area (Å²) in [6.45, 7) is 7.47. The lowest BCUT2D eigenvalue weighted by molar-refractivity contribution is 0.0949. The Hall–Kier alpha value is -3.09. The summed E-state index contributed by atoms with van der Waals surface area (Å²) in [5, 5.41) is 2.88. The van der Waals surface area contributed by atoms with Crippen LogP contribution in [-0.4, -0.2) is 26.6 Å². The van der Waals surface area contributed by atoms with Crippen LogP contribution < -0.4 is 10.7 Å². The number of imidazole rings is 1. The molecule has 3 heterocycles. The lowest BCUT2D eigenvalue weighted by Gasteiger charge is -2.18. The van der Waals surface area contributed by atoms with E-state index in [0.29, 0.717) is 19.5 Å². The smallest absolute Gasteiger partial charge is 0.257 e. The van der Waals surface area contributed by atoms with Gasteiger partial charge in [0.15, 0.2) is 5.43 Å². The Morgan fingerprint density at radius 3 is 2.75 bits per heavy atom. The first-order valence-corrected chi connectivity index (χ1v) is 9.52. The van der Waals surface area contributed by atoms with Gasteiger partial charge in [0.1, 0.15) is 17.1 Å². The SMILES string of the molecule is CCc1c(C(=O)NCCCn2ccnc2)c(=O)cc(C)n1Cc1ccc(C)o1. The van der Waals surface area contributed by atoms with E-state index in [2.05, 4.69) is 10.3 Å². The number of aryl methyl sites for hydroxylation is 3. The largest absolute Gasteiger partial charge is 0.464 e. The molecule has 0 spiro atoms. The molecule has 0 saturated heterocycles. The molecule has 0 aromatic carbocycles. The van der Waals surface area contributed by atoms with E-state index in [-0.39, 0.29) is 16.9 Å². The van der Waals surface area contributed by atoms with Gasteiger partial charge >= 0.3 is 0 Å². The Labute approximate surface area is 164 Å². The second kappa shape index (κ2) is 8.73. The first-order chi connectivity index (χ1) is 13.5. The Morgan fingerprint density at radius 1 is 1.29 bits per heavy atom. The third kappa shape index (κ3) is 4.42. The van der Waals surface area contributed by atoms with Crippen molar-refractivity contribution in [3.63, 3.8) is 0 Å². The van der Waals surface area contributed by atoms with Crippen LogP contribution >= 0.6 is 0 Å². The normalized spacial score (nSPS) is 11.0. The molecule has 0 radical (unpaired) electrons. The van der Waals surface area contributed by atoms with Gasteiger partial charge < -0.3 is 18.9 Å². The van der Waals surface area contributed by atoms with Gasteiger partial charge in [0.25, 0.3) is 5.91 Å². The number of rotatable bonds is 8. The minimum atomic E-state index is -0.322. The maximum absolute atomic E-state index is 12.8. The zero-order valence-electron chi connectivity index (χ0n) is 16.6. The Bertz CT molecular complexity index is 999. The Balaban J connectivity index is 1.77. The van der Waals surface area contributed by atoms with Crippen LogP contribution in [0.4, 0.5) is 0 Å². The topological polar surface area (TPSA) is 82.1 Å². The third-order valence-electron chi connectivity index (χ3n) is 4.74. The minimum Gasteiger partial charge on any atom is -0.464 e. The summed E-state index contributed by atoms with van der Waals surface area (Å²) >= 11 is 0. The van der Waals surface area contributed by atoms with E-state index in [9.17, 15) is 9.59 Å². The van der Waals surface area contributed by atoms with E-state index in [1.165, 1.54) is 6.07 Å². The number of nitrogens with one attached hydrogen (secondary N) is 1. The lowest BCUT2D eigenvalue weighted by Crippen LogP contribution is -2.33. The van der Waals surface area contributed by atoms with Gasteiger partial charge in [-0.2, -0.15) is 0 Å². The molecule has 0 saturated carbocycles. The summed E-state index contributed by atoms with van der Waals surface area (Å²) in [4.78, 5) is 29.3. The number of amides is 1. The summed E-state index contributed by atoms with van der Waals surface area (Å²) in [6.07, 6.45) is 6.68. The first kappa shape index (κ1) is 19.7. The Kier molecular flexibility index (Phi) is 6.13. The van der Waals surface area contributed by atoms with E-state index in [1.807, 2.05) is 48.2 Å². The molecule has 3 rings (SSSR count). The van der Waals surface area contributed by atoms with Gasteiger partial charge in [-0.3, -0.25) is 9.59 Å². The van der Waals surface area contributed by atoms with Gasteiger partial charge in [0.05, 0.1) is 12.9 Å². The van der Waals surface area contributed by atoms with Gasteiger partial charge in [-0.1, -0.05) is 6.92 Å². The summed E-state index contributed by atoms with van der Waals surface area (Å²) in [5.74, 6) is 1.31. The molecule has 3 aromatic heterocycles. The molecule has 0 fully saturated rings. The zero-order chi connectivity index (χ0) is 20.1. The van der Waals surface area contributed by atoms with Crippen LogP contribution in [0.5, 0.6) is 0 Å². The van der Waals surface area contributed by atoms with Crippen molar-refractivity contribution < 1.29 is 9.21 Å². The van der Waals surface area contributed by atoms with E-state index < -0.39 is 0 Å². The quantitative estimate of drug-likeness (QED) is 0.607. The van der Waals surface area contributed by atoms with Crippen molar-refractivity contribution in [2.24, 2.45) is 0 Å². The van der Waals surface area contributed by atoms with E-state index >= 15 is 0 Å². The van der Waals surface area contributed by atoms with Crippen LogP contribution in [0.25, 0.3) is 0 Å². The minimum absolute atomic E-state index is 0.221. The van der Waals surface area contributed by atoms with Crippen molar-refractivity contribution in [1.29, 1.82) is 0 Å². The van der Waals surface area contributed by atoms with Crippen LogP contribution in [0.3, 0.4) is 0 Å². The van der Waals surface area contributed by atoms with Crippen LogP contribution in [0.15, 0.2) is 46.1 Å². The highest BCUT2D eigenvalue weighted by Gasteiger charge is 2.19. The fraction of sp³-hybridized carbons (Fsp3) is 0.381. The number of nitrogens with zero attached hydrogens (tertiary/aromatic N) is 3. The molecule has 28 heavy (non-hydrogen) atoms. The molecular weight excluding hydrogens is 356 g/mol. The average molecular weight is 382 g/mol.